The molecular formula is C15H19NO3S. The summed E-state index contributed by atoms with van der Waals surface area (Å²) in [5.74, 6) is -1.12. The first-order valence-corrected chi connectivity index (χ1v) is 7.41. The van der Waals surface area contributed by atoms with Crippen molar-refractivity contribution in [3.8, 4) is 0 Å². The van der Waals surface area contributed by atoms with Gasteiger partial charge in [-0.15, -0.1) is 0 Å². The van der Waals surface area contributed by atoms with E-state index in [1.54, 1.807) is 36.0 Å². The van der Waals surface area contributed by atoms with Gasteiger partial charge in [-0.25, -0.2) is 4.79 Å². The molecular weight excluding hydrogens is 274 g/mol. The lowest BCUT2D eigenvalue weighted by Gasteiger charge is -2.22. The predicted octanol–water partition coefficient (Wildman–Crippen LogP) is 2.66. The molecule has 1 aromatic carbocycles. The van der Waals surface area contributed by atoms with Crippen LogP contribution in [-0.2, 0) is 4.79 Å². The standard InChI is InChI=1S/C15H19NO3S/c1-15(2,20-3)10-16-14(19)12-7-4-11(5-8-12)6-9-13(17)18/h4-9H,10H2,1-3H3,(H,16,19)(H,17,18)/b9-6+. The van der Waals surface area contributed by atoms with Crippen LogP contribution in [0.25, 0.3) is 6.08 Å². The van der Waals surface area contributed by atoms with Gasteiger partial charge in [0.1, 0.15) is 0 Å². The summed E-state index contributed by atoms with van der Waals surface area (Å²) >= 11 is 1.70. The van der Waals surface area contributed by atoms with Gasteiger partial charge in [0.15, 0.2) is 0 Å². The summed E-state index contributed by atoms with van der Waals surface area (Å²) in [6.07, 6.45) is 4.56. The Balaban J connectivity index is 2.64. The van der Waals surface area contributed by atoms with E-state index in [9.17, 15) is 9.59 Å². The van der Waals surface area contributed by atoms with E-state index in [4.69, 9.17) is 5.11 Å². The molecule has 108 valence electrons. The molecule has 5 heteroatoms. The lowest BCUT2D eigenvalue weighted by Crippen LogP contribution is -2.36. The van der Waals surface area contributed by atoms with Crippen LogP contribution < -0.4 is 5.32 Å². The topological polar surface area (TPSA) is 66.4 Å². The Morgan fingerprint density at radius 2 is 1.90 bits per heavy atom. The molecule has 4 nitrogen and oxygen atoms in total. The Hall–Kier alpha value is -1.75. The number of nitrogens with one attached hydrogen (secondary N) is 1. The Kier molecular flexibility index (Phi) is 5.82. The molecule has 0 bridgehead atoms. The largest absolute Gasteiger partial charge is 0.478 e. The van der Waals surface area contributed by atoms with Crippen LogP contribution in [0.2, 0.25) is 0 Å². The maximum absolute atomic E-state index is 12.0. The van der Waals surface area contributed by atoms with E-state index in [0.717, 1.165) is 11.6 Å². The maximum atomic E-state index is 12.0. The fourth-order valence-electron chi connectivity index (χ4n) is 1.38. The third kappa shape index (κ3) is 5.48. The Morgan fingerprint density at radius 1 is 1.30 bits per heavy atom. The molecule has 0 radical (unpaired) electrons. The second kappa shape index (κ2) is 7.14. The van der Waals surface area contributed by atoms with Crippen molar-refractivity contribution >= 4 is 29.7 Å². The minimum Gasteiger partial charge on any atom is -0.478 e. The zero-order valence-corrected chi connectivity index (χ0v) is 12.7. The number of thioether (sulfide) groups is 1. The zero-order valence-electron chi connectivity index (χ0n) is 11.8. The quantitative estimate of drug-likeness (QED) is 0.791. The molecule has 0 aromatic heterocycles. The van der Waals surface area contributed by atoms with Crippen molar-refractivity contribution in [1.82, 2.24) is 5.32 Å². The maximum Gasteiger partial charge on any atom is 0.328 e. The first-order chi connectivity index (χ1) is 9.34. The van der Waals surface area contributed by atoms with Crippen LogP contribution in [0.5, 0.6) is 0 Å². The highest BCUT2D eigenvalue weighted by atomic mass is 32.2. The fourth-order valence-corrected chi connectivity index (χ4v) is 1.60. The predicted molar refractivity (Wildman–Crippen MR) is 83.0 cm³/mol. The molecule has 0 unspecified atom stereocenters. The number of rotatable bonds is 6. The van der Waals surface area contributed by atoms with Crippen molar-refractivity contribution in [3.63, 3.8) is 0 Å². The van der Waals surface area contributed by atoms with Crippen LogP contribution in [0, 0.1) is 0 Å². The Labute approximate surface area is 123 Å². The van der Waals surface area contributed by atoms with E-state index in [1.807, 2.05) is 6.26 Å². The number of benzene rings is 1. The molecule has 0 heterocycles. The molecule has 0 aliphatic carbocycles. The first-order valence-electron chi connectivity index (χ1n) is 6.18. The van der Waals surface area contributed by atoms with E-state index in [2.05, 4.69) is 19.2 Å². The van der Waals surface area contributed by atoms with E-state index in [-0.39, 0.29) is 10.7 Å². The van der Waals surface area contributed by atoms with E-state index < -0.39 is 5.97 Å². The van der Waals surface area contributed by atoms with E-state index >= 15 is 0 Å². The van der Waals surface area contributed by atoms with Crippen molar-refractivity contribution in [2.75, 3.05) is 12.8 Å². The van der Waals surface area contributed by atoms with Gasteiger partial charge in [-0.2, -0.15) is 11.8 Å². The zero-order chi connectivity index (χ0) is 15.2. The molecule has 0 fully saturated rings. The molecule has 1 amide bonds. The normalized spacial score (nSPS) is 11.6. The van der Waals surface area contributed by atoms with Gasteiger partial charge in [0.2, 0.25) is 0 Å². The van der Waals surface area contributed by atoms with Crippen LogP contribution in [0.1, 0.15) is 29.8 Å². The van der Waals surface area contributed by atoms with Crippen molar-refractivity contribution in [1.29, 1.82) is 0 Å². The molecule has 0 atom stereocenters. The summed E-state index contributed by atoms with van der Waals surface area (Å²) in [4.78, 5) is 22.4. The average molecular weight is 293 g/mol. The molecule has 2 N–H and O–H groups in total. The fraction of sp³-hybridized carbons (Fsp3) is 0.333. The number of carboxylic acids is 1. The SMILES string of the molecule is CSC(C)(C)CNC(=O)c1ccc(/C=C/C(=O)O)cc1. The van der Waals surface area contributed by atoms with Gasteiger partial charge in [0.25, 0.3) is 5.91 Å². The monoisotopic (exact) mass is 293 g/mol. The second-order valence-electron chi connectivity index (χ2n) is 4.94. The molecule has 0 spiro atoms. The Morgan fingerprint density at radius 3 is 2.40 bits per heavy atom. The third-order valence-corrected chi connectivity index (χ3v) is 4.07. The number of carbonyl (C=O) groups is 2. The molecule has 0 aliphatic heterocycles. The molecule has 1 aromatic rings. The van der Waals surface area contributed by atoms with Gasteiger partial charge in [-0.3, -0.25) is 4.79 Å². The minimum atomic E-state index is -0.994. The van der Waals surface area contributed by atoms with Gasteiger partial charge in [0, 0.05) is 22.9 Å². The summed E-state index contributed by atoms with van der Waals surface area (Å²) < 4.78 is -0.000173. The highest BCUT2D eigenvalue weighted by Gasteiger charge is 2.17. The third-order valence-electron chi connectivity index (χ3n) is 2.82. The number of hydrogen-bond acceptors (Lipinski definition) is 3. The molecule has 1 rings (SSSR count). The number of carboxylic acid groups (broad SMARTS) is 1. The summed E-state index contributed by atoms with van der Waals surface area (Å²) in [6.45, 7) is 4.73. The summed E-state index contributed by atoms with van der Waals surface area (Å²) in [5.41, 5.74) is 1.31. The molecule has 0 saturated carbocycles. The highest BCUT2D eigenvalue weighted by molar-refractivity contribution is 7.99. The number of carbonyl (C=O) groups excluding carboxylic acids is 1. The van der Waals surface area contributed by atoms with E-state index in [1.165, 1.54) is 6.08 Å². The second-order valence-corrected chi connectivity index (χ2v) is 6.45. The van der Waals surface area contributed by atoms with Crippen LogP contribution in [-0.4, -0.2) is 34.5 Å². The van der Waals surface area contributed by atoms with Crippen molar-refractivity contribution in [2.24, 2.45) is 0 Å². The number of amides is 1. The van der Waals surface area contributed by atoms with Gasteiger partial charge in [-0.1, -0.05) is 12.1 Å². The first kappa shape index (κ1) is 16.3. The van der Waals surface area contributed by atoms with Gasteiger partial charge < -0.3 is 10.4 Å². The lowest BCUT2D eigenvalue weighted by molar-refractivity contribution is -0.131. The van der Waals surface area contributed by atoms with Crippen LogP contribution in [0.15, 0.2) is 30.3 Å². The summed E-state index contributed by atoms with van der Waals surface area (Å²) in [6, 6.07) is 6.80. The van der Waals surface area contributed by atoms with Crippen LogP contribution >= 0.6 is 11.8 Å². The minimum absolute atomic E-state index is 0.000173. The molecule has 0 saturated heterocycles. The molecule has 0 aliphatic rings. The smallest absolute Gasteiger partial charge is 0.328 e. The van der Waals surface area contributed by atoms with Gasteiger partial charge in [0.05, 0.1) is 0 Å². The van der Waals surface area contributed by atoms with Gasteiger partial charge >= 0.3 is 5.97 Å². The number of aliphatic carboxylic acids is 1. The molecule has 20 heavy (non-hydrogen) atoms. The lowest BCUT2D eigenvalue weighted by atomic mass is 10.1. The van der Waals surface area contributed by atoms with Crippen LogP contribution in [0.4, 0.5) is 0 Å². The van der Waals surface area contributed by atoms with Gasteiger partial charge in [-0.05, 0) is 43.9 Å². The average Bonchev–Trinajstić information content (AvgIpc) is 2.43. The highest BCUT2D eigenvalue weighted by Crippen LogP contribution is 2.19. The summed E-state index contributed by atoms with van der Waals surface area (Å²) in [7, 11) is 0. The summed E-state index contributed by atoms with van der Waals surface area (Å²) in [5, 5.41) is 11.4. The van der Waals surface area contributed by atoms with E-state index in [0.29, 0.717) is 12.1 Å². The Bertz CT molecular complexity index is 506. The van der Waals surface area contributed by atoms with Crippen molar-refractivity contribution in [2.45, 2.75) is 18.6 Å². The van der Waals surface area contributed by atoms with Crippen molar-refractivity contribution < 1.29 is 14.7 Å². The number of hydrogen-bond donors (Lipinski definition) is 2. The van der Waals surface area contributed by atoms with Crippen LogP contribution in [0.3, 0.4) is 0 Å². The van der Waals surface area contributed by atoms with Crippen molar-refractivity contribution in [3.05, 3.63) is 41.5 Å².